The standard InChI is InChI=1S/C16H26FN/c1-5-18-15(9-10-16(2,3)4)12-13-7-6-8-14(17)11-13/h6-8,11,15,18H,5,9-10,12H2,1-4H3. The molecule has 1 atom stereocenters. The summed E-state index contributed by atoms with van der Waals surface area (Å²) in [5, 5.41) is 3.50. The fraction of sp³-hybridized carbons (Fsp3) is 0.625. The van der Waals surface area contributed by atoms with Crippen molar-refractivity contribution in [1.82, 2.24) is 5.32 Å². The predicted molar refractivity (Wildman–Crippen MR) is 76.3 cm³/mol. The summed E-state index contributed by atoms with van der Waals surface area (Å²) in [4.78, 5) is 0. The van der Waals surface area contributed by atoms with Crippen molar-refractivity contribution < 1.29 is 4.39 Å². The Kier molecular flexibility index (Phi) is 5.80. The van der Waals surface area contributed by atoms with Crippen molar-refractivity contribution in [3.05, 3.63) is 35.6 Å². The van der Waals surface area contributed by atoms with E-state index in [-0.39, 0.29) is 5.82 Å². The molecule has 0 aliphatic heterocycles. The summed E-state index contributed by atoms with van der Waals surface area (Å²) >= 11 is 0. The fourth-order valence-corrected chi connectivity index (χ4v) is 2.12. The first-order valence-corrected chi connectivity index (χ1v) is 6.88. The smallest absolute Gasteiger partial charge is 0.123 e. The van der Waals surface area contributed by atoms with Gasteiger partial charge in [-0.3, -0.25) is 0 Å². The first-order chi connectivity index (χ1) is 8.40. The number of hydrogen-bond donors (Lipinski definition) is 1. The van der Waals surface area contributed by atoms with Gasteiger partial charge in [-0.05, 0) is 48.9 Å². The van der Waals surface area contributed by atoms with Crippen LogP contribution < -0.4 is 5.32 Å². The molecule has 102 valence electrons. The number of nitrogens with one attached hydrogen (secondary N) is 1. The number of likely N-dealkylation sites (N-methyl/N-ethyl adjacent to an activating group) is 1. The van der Waals surface area contributed by atoms with Crippen molar-refractivity contribution in [2.24, 2.45) is 5.41 Å². The first-order valence-electron chi connectivity index (χ1n) is 6.88. The maximum absolute atomic E-state index is 13.2. The lowest BCUT2D eigenvalue weighted by Crippen LogP contribution is -2.32. The average Bonchev–Trinajstić information content (AvgIpc) is 2.25. The Morgan fingerprint density at radius 2 is 2.00 bits per heavy atom. The maximum Gasteiger partial charge on any atom is 0.123 e. The van der Waals surface area contributed by atoms with E-state index in [0.29, 0.717) is 11.5 Å². The van der Waals surface area contributed by atoms with Gasteiger partial charge in [0.25, 0.3) is 0 Å². The molecule has 0 fully saturated rings. The molecule has 0 radical (unpaired) electrons. The zero-order valence-corrected chi connectivity index (χ0v) is 12.1. The van der Waals surface area contributed by atoms with Gasteiger partial charge in [0.15, 0.2) is 0 Å². The van der Waals surface area contributed by atoms with Gasteiger partial charge < -0.3 is 5.32 Å². The van der Waals surface area contributed by atoms with E-state index in [1.165, 1.54) is 12.5 Å². The van der Waals surface area contributed by atoms with Crippen LogP contribution in [0.1, 0.15) is 46.1 Å². The van der Waals surface area contributed by atoms with E-state index in [2.05, 4.69) is 33.0 Å². The Morgan fingerprint density at radius 3 is 2.56 bits per heavy atom. The van der Waals surface area contributed by atoms with E-state index in [1.54, 1.807) is 12.1 Å². The SMILES string of the molecule is CCNC(CCC(C)(C)C)Cc1cccc(F)c1. The van der Waals surface area contributed by atoms with E-state index in [1.807, 2.05) is 6.07 Å². The van der Waals surface area contributed by atoms with Crippen molar-refractivity contribution in [2.75, 3.05) is 6.54 Å². The largest absolute Gasteiger partial charge is 0.314 e. The van der Waals surface area contributed by atoms with Gasteiger partial charge in [-0.25, -0.2) is 4.39 Å². The molecular weight excluding hydrogens is 225 g/mol. The lowest BCUT2D eigenvalue weighted by molar-refractivity contribution is 0.330. The monoisotopic (exact) mass is 251 g/mol. The third kappa shape index (κ3) is 6.15. The molecule has 1 N–H and O–H groups in total. The van der Waals surface area contributed by atoms with Gasteiger partial charge in [0, 0.05) is 6.04 Å². The number of rotatable bonds is 6. The highest BCUT2D eigenvalue weighted by Crippen LogP contribution is 2.22. The van der Waals surface area contributed by atoms with Crippen molar-refractivity contribution in [1.29, 1.82) is 0 Å². The van der Waals surface area contributed by atoms with E-state index in [4.69, 9.17) is 0 Å². The van der Waals surface area contributed by atoms with Crippen molar-refractivity contribution in [3.63, 3.8) is 0 Å². The van der Waals surface area contributed by atoms with Crippen LogP contribution in [0.3, 0.4) is 0 Å². The van der Waals surface area contributed by atoms with E-state index < -0.39 is 0 Å². The van der Waals surface area contributed by atoms with E-state index in [9.17, 15) is 4.39 Å². The summed E-state index contributed by atoms with van der Waals surface area (Å²) in [6.07, 6.45) is 3.22. The molecule has 0 amide bonds. The molecule has 0 heterocycles. The second-order valence-electron chi connectivity index (χ2n) is 6.19. The number of halogens is 1. The van der Waals surface area contributed by atoms with Gasteiger partial charge >= 0.3 is 0 Å². The molecule has 1 aromatic rings. The Balaban J connectivity index is 2.57. The van der Waals surface area contributed by atoms with Crippen LogP contribution in [-0.4, -0.2) is 12.6 Å². The molecule has 0 aliphatic carbocycles. The van der Waals surface area contributed by atoms with Crippen LogP contribution in [0.2, 0.25) is 0 Å². The summed E-state index contributed by atoms with van der Waals surface area (Å²) < 4.78 is 13.2. The highest BCUT2D eigenvalue weighted by Gasteiger charge is 2.15. The third-order valence-corrected chi connectivity index (χ3v) is 3.11. The number of benzene rings is 1. The quantitative estimate of drug-likeness (QED) is 0.800. The van der Waals surface area contributed by atoms with Crippen LogP contribution in [0.15, 0.2) is 24.3 Å². The van der Waals surface area contributed by atoms with Gasteiger partial charge in [0.05, 0.1) is 0 Å². The predicted octanol–water partition coefficient (Wildman–Crippen LogP) is 4.17. The van der Waals surface area contributed by atoms with Gasteiger partial charge in [-0.2, -0.15) is 0 Å². The summed E-state index contributed by atoms with van der Waals surface area (Å²) in [5.74, 6) is -0.140. The lowest BCUT2D eigenvalue weighted by Gasteiger charge is -2.24. The molecule has 0 aromatic heterocycles. The first kappa shape index (κ1) is 15.2. The van der Waals surface area contributed by atoms with Crippen LogP contribution in [0.25, 0.3) is 0 Å². The molecule has 0 bridgehead atoms. The molecule has 1 aromatic carbocycles. The van der Waals surface area contributed by atoms with Crippen LogP contribution >= 0.6 is 0 Å². The van der Waals surface area contributed by atoms with Crippen molar-refractivity contribution in [3.8, 4) is 0 Å². The third-order valence-electron chi connectivity index (χ3n) is 3.11. The van der Waals surface area contributed by atoms with E-state index >= 15 is 0 Å². The molecule has 0 aliphatic rings. The van der Waals surface area contributed by atoms with Crippen LogP contribution in [0.5, 0.6) is 0 Å². The zero-order chi connectivity index (χ0) is 13.6. The minimum atomic E-state index is -0.140. The van der Waals surface area contributed by atoms with Crippen molar-refractivity contribution >= 4 is 0 Å². The Morgan fingerprint density at radius 1 is 1.28 bits per heavy atom. The highest BCUT2D eigenvalue weighted by molar-refractivity contribution is 5.17. The summed E-state index contributed by atoms with van der Waals surface area (Å²) in [5.41, 5.74) is 1.44. The molecule has 2 heteroatoms. The topological polar surface area (TPSA) is 12.0 Å². The molecule has 18 heavy (non-hydrogen) atoms. The maximum atomic E-state index is 13.2. The van der Waals surface area contributed by atoms with Crippen LogP contribution in [0.4, 0.5) is 4.39 Å². The minimum Gasteiger partial charge on any atom is -0.314 e. The van der Waals surface area contributed by atoms with Crippen LogP contribution in [-0.2, 0) is 6.42 Å². The van der Waals surface area contributed by atoms with Crippen molar-refractivity contribution in [2.45, 2.75) is 53.0 Å². The molecule has 1 nitrogen and oxygen atoms in total. The molecular formula is C16H26FN. The second-order valence-corrected chi connectivity index (χ2v) is 6.19. The van der Waals surface area contributed by atoms with Gasteiger partial charge in [-0.1, -0.05) is 39.8 Å². The molecule has 1 unspecified atom stereocenters. The normalized spacial score (nSPS) is 13.6. The summed E-state index contributed by atoms with van der Waals surface area (Å²) in [7, 11) is 0. The lowest BCUT2D eigenvalue weighted by atomic mass is 9.87. The van der Waals surface area contributed by atoms with Gasteiger partial charge in [0.2, 0.25) is 0 Å². The van der Waals surface area contributed by atoms with Gasteiger partial charge in [-0.15, -0.1) is 0 Å². The number of hydrogen-bond acceptors (Lipinski definition) is 1. The minimum absolute atomic E-state index is 0.140. The van der Waals surface area contributed by atoms with Crippen LogP contribution in [0, 0.1) is 11.2 Å². The fourth-order valence-electron chi connectivity index (χ4n) is 2.12. The summed E-state index contributed by atoms with van der Waals surface area (Å²) in [6.45, 7) is 9.87. The van der Waals surface area contributed by atoms with Gasteiger partial charge in [0.1, 0.15) is 5.82 Å². The molecule has 0 saturated carbocycles. The van der Waals surface area contributed by atoms with E-state index in [0.717, 1.165) is 24.9 Å². The zero-order valence-electron chi connectivity index (χ0n) is 12.1. The molecule has 1 rings (SSSR count). The Hall–Kier alpha value is -0.890. The Bertz CT molecular complexity index is 354. The highest BCUT2D eigenvalue weighted by atomic mass is 19.1. The summed E-state index contributed by atoms with van der Waals surface area (Å²) in [6, 6.07) is 7.38. The average molecular weight is 251 g/mol. The second kappa shape index (κ2) is 6.89. The molecule has 0 spiro atoms. The molecule has 0 saturated heterocycles. The Labute approximate surface area is 111 Å².